The zero-order chi connectivity index (χ0) is 21.0. The Morgan fingerprint density at radius 2 is 1.68 bits per heavy atom. The number of tetrazole rings is 1. The summed E-state index contributed by atoms with van der Waals surface area (Å²) in [6.07, 6.45) is -6.79. The monoisotopic (exact) mass is 412 g/mol. The van der Waals surface area contributed by atoms with E-state index >= 15 is 0 Å². The summed E-state index contributed by atoms with van der Waals surface area (Å²) in [5.41, 5.74) is -5.03. The number of ketones is 1. The highest BCUT2D eigenvalue weighted by molar-refractivity contribution is 6.48. The van der Waals surface area contributed by atoms with Gasteiger partial charge in [-0.15, -0.1) is 0 Å². The SMILES string of the molecule is O=C(C1=NNc2nnnn2C1(O)C(F)(F)C(F)(F)C(F)(F)F)c1ccccc1. The average molecular weight is 412 g/mol. The van der Waals surface area contributed by atoms with Gasteiger partial charge in [0, 0.05) is 5.56 Å². The molecule has 0 aliphatic carbocycles. The third-order valence-electron chi connectivity index (χ3n) is 3.81. The van der Waals surface area contributed by atoms with Gasteiger partial charge in [0.25, 0.3) is 11.7 Å². The predicted octanol–water partition coefficient (Wildman–Crippen LogP) is 1.82. The molecule has 1 aromatic carbocycles. The Balaban J connectivity index is 2.24. The normalized spacial score (nSPS) is 20.2. The molecule has 2 heterocycles. The maximum absolute atomic E-state index is 14.6. The first kappa shape index (κ1) is 19.7. The van der Waals surface area contributed by atoms with Crippen LogP contribution in [0, 0.1) is 0 Å². The molecule has 0 fully saturated rings. The number of alkyl halides is 7. The Morgan fingerprint density at radius 3 is 2.25 bits per heavy atom. The summed E-state index contributed by atoms with van der Waals surface area (Å²) in [6.45, 7) is 0. The average Bonchev–Trinajstić information content (AvgIpc) is 3.11. The van der Waals surface area contributed by atoms with E-state index in [1.54, 1.807) is 0 Å². The highest BCUT2D eigenvalue weighted by atomic mass is 19.4. The number of hydrazone groups is 1. The first-order valence-corrected chi connectivity index (χ1v) is 7.13. The van der Waals surface area contributed by atoms with Gasteiger partial charge in [-0.2, -0.15) is 40.5 Å². The number of nitrogens with one attached hydrogen (secondary N) is 1. The fourth-order valence-electron chi connectivity index (χ4n) is 2.37. The Kier molecular flexibility index (Phi) is 4.18. The van der Waals surface area contributed by atoms with Crippen LogP contribution in [0.3, 0.4) is 0 Å². The molecular formula is C13H7F7N6O2. The van der Waals surface area contributed by atoms with Crippen molar-refractivity contribution in [2.45, 2.75) is 23.7 Å². The number of rotatable bonds is 4. The summed E-state index contributed by atoms with van der Waals surface area (Å²) in [5.74, 6) is -15.7. The van der Waals surface area contributed by atoms with E-state index in [1.165, 1.54) is 18.2 Å². The zero-order valence-corrected chi connectivity index (χ0v) is 13.1. The van der Waals surface area contributed by atoms with Gasteiger partial charge in [0.05, 0.1) is 0 Å². The number of hydrogen-bond donors (Lipinski definition) is 2. The van der Waals surface area contributed by atoms with Gasteiger partial charge in [-0.1, -0.05) is 35.4 Å². The van der Waals surface area contributed by atoms with Crippen LogP contribution in [0.5, 0.6) is 0 Å². The van der Waals surface area contributed by atoms with Crippen molar-refractivity contribution in [1.82, 2.24) is 20.2 Å². The number of benzene rings is 1. The van der Waals surface area contributed by atoms with Crippen LogP contribution in [-0.2, 0) is 5.72 Å². The Morgan fingerprint density at radius 1 is 1.07 bits per heavy atom. The molecule has 0 radical (unpaired) electrons. The van der Waals surface area contributed by atoms with Crippen molar-refractivity contribution >= 4 is 17.4 Å². The minimum Gasteiger partial charge on any atom is -0.359 e. The maximum Gasteiger partial charge on any atom is 0.460 e. The van der Waals surface area contributed by atoms with Crippen molar-refractivity contribution in [3.63, 3.8) is 0 Å². The second-order valence-corrected chi connectivity index (χ2v) is 5.50. The van der Waals surface area contributed by atoms with Gasteiger partial charge in [0.15, 0.2) is 5.71 Å². The van der Waals surface area contributed by atoms with Crippen LogP contribution in [0.4, 0.5) is 36.7 Å². The summed E-state index contributed by atoms with van der Waals surface area (Å²) in [6, 6.07) is 6.01. The van der Waals surface area contributed by atoms with Gasteiger partial charge >= 0.3 is 18.0 Å². The number of aromatic nitrogens is 4. The first-order valence-electron chi connectivity index (χ1n) is 7.13. The lowest BCUT2D eigenvalue weighted by Gasteiger charge is -2.40. The molecule has 0 amide bonds. The number of carbonyl (C=O) groups is 1. The Labute approximate surface area is 149 Å². The molecule has 8 nitrogen and oxygen atoms in total. The summed E-state index contributed by atoms with van der Waals surface area (Å²) in [5, 5.41) is 22.2. The van der Waals surface area contributed by atoms with E-state index in [-0.39, 0.29) is 0 Å². The van der Waals surface area contributed by atoms with Gasteiger partial charge < -0.3 is 5.11 Å². The minimum absolute atomic E-state index is 0.427. The summed E-state index contributed by atoms with van der Waals surface area (Å²) in [4.78, 5) is 12.5. The quantitative estimate of drug-likeness (QED) is 0.587. The lowest BCUT2D eigenvalue weighted by atomic mass is 9.89. The van der Waals surface area contributed by atoms with Crippen LogP contribution in [0.15, 0.2) is 35.4 Å². The second-order valence-electron chi connectivity index (χ2n) is 5.50. The van der Waals surface area contributed by atoms with Crippen molar-refractivity contribution in [2.75, 3.05) is 5.43 Å². The third-order valence-corrected chi connectivity index (χ3v) is 3.81. The number of Topliss-reactive ketones (excluding diaryl/α,β-unsaturated/α-hetero) is 1. The predicted molar refractivity (Wildman–Crippen MR) is 75.8 cm³/mol. The number of hydrogen-bond acceptors (Lipinski definition) is 7. The van der Waals surface area contributed by atoms with Crippen molar-refractivity contribution in [3.8, 4) is 0 Å². The molecule has 1 aliphatic heterocycles. The molecule has 0 spiro atoms. The maximum atomic E-state index is 14.6. The summed E-state index contributed by atoms with van der Waals surface area (Å²) < 4.78 is 94.0. The molecule has 0 saturated carbocycles. The fraction of sp³-hybridized carbons (Fsp3) is 0.308. The second kappa shape index (κ2) is 5.95. The zero-order valence-electron chi connectivity index (χ0n) is 13.1. The highest BCUT2D eigenvalue weighted by Crippen LogP contribution is 2.54. The van der Waals surface area contributed by atoms with E-state index < -0.39 is 51.4 Å². The lowest BCUT2D eigenvalue weighted by Crippen LogP contribution is -2.69. The van der Waals surface area contributed by atoms with E-state index in [1.807, 2.05) is 5.43 Å². The number of nitrogens with zero attached hydrogens (tertiary/aromatic N) is 5. The lowest BCUT2D eigenvalue weighted by molar-refractivity contribution is -0.391. The van der Waals surface area contributed by atoms with Gasteiger partial charge in [-0.25, -0.2) is 5.43 Å². The Hall–Kier alpha value is -3.10. The van der Waals surface area contributed by atoms with E-state index in [0.29, 0.717) is 0 Å². The van der Waals surface area contributed by atoms with E-state index in [9.17, 15) is 40.6 Å². The smallest absolute Gasteiger partial charge is 0.359 e. The van der Waals surface area contributed by atoms with Gasteiger partial charge in [-0.05, 0) is 10.4 Å². The van der Waals surface area contributed by atoms with Gasteiger partial charge in [-0.3, -0.25) is 4.79 Å². The molecule has 2 aromatic rings. The number of aliphatic hydroxyl groups is 1. The van der Waals surface area contributed by atoms with Crippen molar-refractivity contribution in [3.05, 3.63) is 35.9 Å². The number of halogens is 7. The van der Waals surface area contributed by atoms with Crippen LogP contribution in [0.2, 0.25) is 0 Å². The van der Waals surface area contributed by atoms with Crippen molar-refractivity contribution in [1.29, 1.82) is 0 Å². The molecule has 28 heavy (non-hydrogen) atoms. The molecule has 150 valence electrons. The van der Waals surface area contributed by atoms with Crippen LogP contribution < -0.4 is 5.43 Å². The van der Waals surface area contributed by atoms with Crippen LogP contribution in [0.1, 0.15) is 10.4 Å². The summed E-state index contributed by atoms with van der Waals surface area (Å²) in [7, 11) is 0. The van der Waals surface area contributed by atoms with Crippen LogP contribution in [-0.4, -0.2) is 54.8 Å². The molecule has 0 saturated heterocycles. The number of fused-ring (bicyclic) bond motifs is 1. The van der Waals surface area contributed by atoms with Gasteiger partial charge in [0.1, 0.15) is 0 Å². The Bertz CT molecular complexity index is 942. The standard InChI is InChI=1S/C13H7F7N6O2/c14-11(15,12(16,17)13(18,19)20)10(28)8(7(27)6-4-2-1-3-5-6)21-22-9-23-24-25-26(9)10/h1-5,28H,(H,22,23,25). The van der Waals surface area contributed by atoms with Crippen LogP contribution >= 0.6 is 0 Å². The molecule has 0 bridgehead atoms. The molecule has 2 N–H and O–H groups in total. The number of carbonyl (C=O) groups excluding carboxylic acids is 1. The molecular weight excluding hydrogens is 405 g/mol. The van der Waals surface area contributed by atoms with E-state index in [4.69, 9.17) is 0 Å². The molecule has 15 heteroatoms. The minimum atomic E-state index is -6.79. The molecule has 1 aliphatic rings. The van der Waals surface area contributed by atoms with E-state index in [2.05, 4.69) is 20.6 Å². The van der Waals surface area contributed by atoms with E-state index in [0.717, 1.165) is 12.1 Å². The molecule has 1 atom stereocenters. The molecule has 3 rings (SSSR count). The largest absolute Gasteiger partial charge is 0.460 e. The molecule has 1 unspecified atom stereocenters. The highest BCUT2D eigenvalue weighted by Gasteiger charge is 2.83. The van der Waals surface area contributed by atoms with Crippen molar-refractivity contribution < 1.29 is 40.6 Å². The summed E-state index contributed by atoms with van der Waals surface area (Å²) >= 11 is 0. The van der Waals surface area contributed by atoms with Gasteiger partial charge in [0.2, 0.25) is 5.78 Å². The first-order chi connectivity index (χ1) is 12.9. The third kappa shape index (κ3) is 2.45. The molecule has 1 aromatic heterocycles. The topological polar surface area (TPSA) is 105 Å². The number of anilines is 1. The van der Waals surface area contributed by atoms with Crippen molar-refractivity contribution in [2.24, 2.45) is 5.10 Å². The van der Waals surface area contributed by atoms with Crippen LogP contribution in [0.25, 0.3) is 0 Å². The fourth-order valence-corrected chi connectivity index (χ4v) is 2.37.